The van der Waals surface area contributed by atoms with Crippen LogP contribution in [-0.4, -0.2) is 75.2 Å². The third kappa shape index (κ3) is 7.17. The number of rotatable bonds is 9. The number of amides is 3. The summed E-state index contributed by atoms with van der Waals surface area (Å²) < 4.78 is 10.9. The van der Waals surface area contributed by atoms with Gasteiger partial charge in [-0.25, -0.2) is 0 Å². The SMILES string of the molecule is O=C(COc1ccc(N2C[C@@H](C(=O)NCCN3CCOCC3)CC2=O)cc1)Nc1cccc(Cl)c1. The lowest BCUT2D eigenvalue weighted by molar-refractivity contribution is -0.126. The van der Waals surface area contributed by atoms with Crippen molar-refractivity contribution in [1.82, 2.24) is 10.2 Å². The Kier molecular flexibility index (Phi) is 8.57. The van der Waals surface area contributed by atoms with E-state index >= 15 is 0 Å². The number of anilines is 2. The van der Waals surface area contributed by atoms with Crippen molar-refractivity contribution in [2.45, 2.75) is 6.42 Å². The minimum Gasteiger partial charge on any atom is -0.484 e. The smallest absolute Gasteiger partial charge is 0.262 e. The van der Waals surface area contributed by atoms with Gasteiger partial charge < -0.3 is 25.0 Å². The molecule has 1 atom stereocenters. The van der Waals surface area contributed by atoms with Crippen molar-refractivity contribution in [1.29, 1.82) is 0 Å². The lowest BCUT2D eigenvalue weighted by atomic mass is 10.1. The van der Waals surface area contributed by atoms with Gasteiger partial charge >= 0.3 is 0 Å². The van der Waals surface area contributed by atoms with E-state index in [1.165, 1.54) is 0 Å². The highest BCUT2D eigenvalue weighted by Gasteiger charge is 2.35. The van der Waals surface area contributed by atoms with Crippen LogP contribution < -0.4 is 20.3 Å². The largest absolute Gasteiger partial charge is 0.484 e. The van der Waals surface area contributed by atoms with Gasteiger partial charge in [0.05, 0.1) is 19.1 Å². The van der Waals surface area contributed by atoms with Crippen molar-refractivity contribution in [3.05, 3.63) is 53.6 Å². The third-order valence-electron chi connectivity index (χ3n) is 5.95. The summed E-state index contributed by atoms with van der Waals surface area (Å²) in [6.45, 7) is 4.69. The number of benzene rings is 2. The molecule has 2 saturated heterocycles. The van der Waals surface area contributed by atoms with Crippen LogP contribution in [0.3, 0.4) is 0 Å². The lowest BCUT2D eigenvalue weighted by Gasteiger charge is -2.26. The molecule has 0 aromatic heterocycles. The molecule has 2 fully saturated rings. The Bertz CT molecular complexity index is 1040. The van der Waals surface area contributed by atoms with Gasteiger partial charge in [-0.15, -0.1) is 0 Å². The van der Waals surface area contributed by atoms with Crippen LogP contribution >= 0.6 is 11.6 Å². The number of halogens is 1. The Balaban J connectivity index is 1.22. The summed E-state index contributed by atoms with van der Waals surface area (Å²) in [4.78, 5) is 41.1. The van der Waals surface area contributed by atoms with Crippen LogP contribution in [0.25, 0.3) is 0 Å². The van der Waals surface area contributed by atoms with Gasteiger partial charge in [-0.2, -0.15) is 0 Å². The number of ether oxygens (including phenoxy) is 2. The van der Waals surface area contributed by atoms with Crippen LogP contribution in [-0.2, 0) is 19.1 Å². The molecule has 2 aliphatic heterocycles. The Morgan fingerprint density at radius 2 is 1.89 bits per heavy atom. The summed E-state index contributed by atoms with van der Waals surface area (Å²) in [5.41, 5.74) is 1.28. The summed E-state index contributed by atoms with van der Waals surface area (Å²) in [7, 11) is 0. The van der Waals surface area contributed by atoms with Gasteiger partial charge in [0.1, 0.15) is 5.75 Å². The maximum atomic E-state index is 12.6. The number of hydrogen-bond donors (Lipinski definition) is 2. The zero-order valence-electron chi connectivity index (χ0n) is 19.4. The fourth-order valence-corrected chi connectivity index (χ4v) is 4.26. The molecule has 2 aromatic carbocycles. The molecule has 0 radical (unpaired) electrons. The minimum absolute atomic E-state index is 0.0899. The second kappa shape index (κ2) is 12.0. The fourth-order valence-electron chi connectivity index (χ4n) is 4.07. The first kappa shape index (κ1) is 25.0. The molecule has 0 unspecified atom stereocenters. The van der Waals surface area contributed by atoms with Gasteiger partial charge in [-0.3, -0.25) is 19.3 Å². The first-order chi connectivity index (χ1) is 17.0. The van der Waals surface area contributed by atoms with Gasteiger partial charge in [0.25, 0.3) is 5.91 Å². The molecular weight excluding hydrogens is 472 g/mol. The van der Waals surface area contributed by atoms with E-state index in [4.69, 9.17) is 21.1 Å². The van der Waals surface area contributed by atoms with E-state index < -0.39 is 0 Å². The molecule has 9 nitrogen and oxygen atoms in total. The summed E-state index contributed by atoms with van der Waals surface area (Å²) >= 11 is 5.92. The Labute approximate surface area is 209 Å². The number of morpholine rings is 1. The van der Waals surface area contributed by atoms with Crippen LogP contribution in [0.4, 0.5) is 11.4 Å². The number of nitrogens with zero attached hydrogens (tertiary/aromatic N) is 2. The van der Waals surface area contributed by atoms with E-state index in [0.29, 0.717) is 35.2 Å². The predicted octanol–water partition coefficient (Wildman–Crippen LogP) is 2.16. The van der Waals surface area contributed by atoms with Gasteiger partial charge in [-0.1, -0.05) is 17.7 Å². The summed E-state index contributed by atoms with van der Waals surface area (Å²) in [5.74, 6) is -0.376. The van der Waals surface area contributed by atoms with Crippen LogP contribution in [0.1, 0.15) is 6.42 Å². The highest BCUT2D eigenvalue weighted by atomic mass is 35.5. The first-order valence-electron chi connectivity index (χ1n) is 11.6. The number of carbonyl (C=O) groups is 3. The third-order valence-corrected chi connectivity index (χ3v) is 6.19. The molecule has 3 amide bonds. The molecule has 2 N–H and O–H groups in total. The minimum atomic E-state index is -0.377. The van der Waals surface area contributed by atoms with Crippen LogP contribution in [0.2, 0.25) is 5.02 Å². The monoisotopic (exact) mass is 500 g/mol. The van der Waals surface area contributed by atoms with Gasteiger partial charge in [0.15, 0.2) is 6.61 Å². The molecule has 2 aliphatic rings. The fraction of sp³-hybridized carbons (Fsp3) is 0.400. The maximum absolute atomic E-state index is 12.6. The summed E-state index contributed by atoms with van der Waals surface area (Å²) in [5, 5.41) is 6.20. The lowest BCUT2D eigenvalue weighted by Crippen LogP contribution is -2.42. The van der Waals surface area contributed by atoms with Crippen molar-refractivity contribution in [2.75, 3.05) is 62.8 Å². The molecule has 0 aliphatic carbocycles. The second-order valence-corrected chi connectivity index (χ2v) is 8.93. The van der Waals surface area contributed by atoms with Gasteiger partial charge in [-0.05, 0) is 42.5 Å². The molecule has 2 heterocycles. The van der Waals surface area contributed by atoms with Crippen molar-refractivity contribution in [2.24, 2.45) is 5.92 Å². The number of hydrogen-bond acceptors (Lipinski definition) is 6. The van der Waals surface area contributed by atoms with Gasteiger partial charge in [0.2, 0.25) is 11.8 Å². The quantitative estimate of drug-likeness (QED) is 0.547. The highest BCUT2D eigenvalue weighted by molar-refractivity contribution is 6.30. The van der Waals surface area contributed by atoms with Crippen molar-refractivity contribution >= 4 is 40.7 Å². The normalized spacial score (nSPS) is 18.4. The zero-order valence-corrected chi connectivity index (χ0v) is 20.1. The molecular formula is C25H29ClN4O5. The Morgan fingerprint density at radius 1 is 1.11 bits per heavy atom. The predicted molar refractivity (Wildman–Crippen MR) is 133 cm³/mol. The van der Waals surface area contributed by atoms with Crippen LogP contribution in [0, 0.1) is 5.92 Å². The zero-order chi connectivity index (χ0) is 24.6. The molecule has 2 aromatic rings. The van der Waals surface area contributed by atoms with Crippen LogP contribution in [0.5, 0.6) is 5.75 Å². The Morgan fingerprint density at radius 3 is 2.63 bits per heavy atom. The molecule has 0 bridgehead atoms. The highest BCUT2D eigenvalue weighted by Crippen LogP contribution is 2.27. The first-order valence-corrected chi connectivity index (χ1v) is 12.0. The van der Waals surface area contributed by atoms with E-state index in [9.17, 15) is 14.4 Å². The molecule has 10 heteroatoms. The maximum Gasteiger partial charge on any atom is 0.262 e. The van der Waals surface area contributed by atoms with Crippen molar-refractivity contribution in [3.63, 3.8) is 0 Å². The Hall–Kier alpha value is -3.14. The second-order valence-electron chi connectivity index (χ2n) is 8.49. The molecule has 0 spiro atoms. The standard InChI is InChI=1S/C25H29ClN4O5/c26-19-2-1-3-20(15-19)28-23(31)17-35-22-6-4-21(5-7-22)30-16-18(14-24(30)32)25(33)27-8-9-29-10-12-34-13-11-29/h1-7,15,18H,8-14,16-17H2,(H,27,33)(H,28,31)/t18-/m0/s1. The average molecular weight is 501 g/mol. The van der Waals surface area contributed by atoms with E-state index in [1.807, 2.05) is 0 Å². The number of carbonyl (C=O) groups excluding carboxylic acids is 3. The van der Waals surface area contributed by atoms with E-state index in [0.717, 1.165) is 32.8 Å². The van der Waals surface area contributed by atoms with E-state index in [-0.39, 0.29) is 36.7 Å². The van der Waals surface area contributed by atoms with Crippen molar-refractivity contribution < 1.29 is 23.9 Å². The van der Waals surface area contributed by atoms with E-state index in [2.05, 4.69) is 15.5 Å². The molecule has 186 valence electrons. The summed E-state index contributed by atoms with van der Waals surface area (Å²) in [6, 6.07) is 13.8. The van der Waals surface area contributed by atoms with Crippen LogP contribution in [0.15, 0.2) is 48.5 Å². The topological polar surface area (TPSA) is 100 Å². The number of nitrogens with one attached hydrogen (secondary N) is 2. The molecule has 0 saturated carbocycles. The van der Waals surface area contributed by atoms with Gasteiger partial charge in [0, 0.05) is 55.5 Å². The van der Waals surface area contributed by atoms with Crippen molar-refractivity contribution in [3.8, 4) is 5.75 Å². The average Bonchev–Trinajstić information content (AvgIpc) is 3.25. The van der Waals surface area contributed by atoms with E-state index in [1.54, 1.807) is 53.4 Å². The molecule has 4 rings (SSSR count). The molecule has 35 heavy (non-hydrogen) atoms. The summed E-state index contributed by atoms with van der Waals surface area (Å²) in [6.07, 6.45) is 0.186.